The van der Waals surface area contributed by atoms with Crippen molar-refractivity contribution in [3.8, 4) is 0 Å². The molecule has 0 radical (unpaired) electrons. The van der Waals surface area contributed by atoms with E-state index in [1.165, 1.54) is 96.3 Å². The molecule has 1 atom stereocenters. The zero-order valence-corrected chi connectivity index (χ0v) is 18.2. The van der Waals surface area contributed by atoms with Crippen LogP contribution in [0.3, 0.4) is 0 Å². The van der Waals surface area contributed by atoms with Gasteiger partial charge in [-0.25, -0.2) is 4.79 Å². The maximum atomic E-state index is 11.6. The van der Waals surface area contributed by atoms with Gasteiger partial charge < -0.3 is 10.6 Å². The molecular weight excluding hydrogens is 320 g/mol. The van der Waals surface area contributed by atoms with Gasteiger partial charge in [0.15, 0.2) is 0 Å². The summed E-state index contributed by atoms with van der Waals surface area (Å²) in [5.41, 5.74) is 0. The normalized spacial score (nSPS) is 12.1. The lowest BCUT2D eigenvalue weighted by atomic mass is 10.0. The molecular formula is C23H48N2O. The van der Waals surface area contributed by atoms with E-state index in [1.807, 2.05) is 6.92 Å². The minimum atomic E-state index is -0.0136. The van der Waals surface area contributed by atoms with E-state index in [0.29, 0.717) is 0 Å². The number of hydrogen-bond acceptors (Lipinski definition) is 1. The Hall–Kier alpha value is -0.730. The highest BCUT2D eigenvalue weighted by Crippen LogP contribution is 2.13. The van der Waals surface area contributed by atoms with Crippen molar-refractivity contribution in [1.82, 2.24) is 10.6 Å². The zero-order valence-electron chi connectivity index (χ0n) is 18.2. The third-order valence-corrected chi connectivity index (χ3v) is 5.31. The van der Waals surface area contributed by atoms with E-state index < -0.39 is 0 Å². The van der Waals surface area contributed by atoms with Gasteiger partial charge in [0.25, 0.3) is 0 Å². The van der Waals surface area contributed by atoms with Gasteiger partial charge in [0.05, 0.1) is 0 Å². The molecule has 0 rings (SSSR count). The Bertz CT molecular complexity index is 294. The van der Waals surface area contributed by atoms with E-state index in [-0.39, 0.29) is 12.1 Å². The Morgan fingerprint density at radius 1 is 0.654 bits per heavy atom. The minimum Gasteiger partial charge on any atom is -0.338 e. The summed E-state index contributed by atoms with van der Waals surface area (Å²) in [6, 6.07) is 0.251. The lowest BCUT2D eigenvalue weighted by Gasteiger charge is -2.12. The smallest absolute Gasteiger partial charge is 0.314 e. The highest BCUT2D eigenvalue weighted by atomic mass is 16.2. The summed E-state index contributed by atoms with van der Waals surface area (Å²) < 4.78 is 0. The van der Waals surface area contributed by atoms with E-state index in [9.17, 15) is 4.79 Å². The van der Waals surface area contributed by atoms with Crippen LogP contribution in [0.5, 0.6) is 0 Å². The van der Waals surface area contributed by atoms with Crippen LogP contribution in [0.15, 0.2) is 0 Å². The number of amides is 2. The maximum Gasteiger partial charge on any atom is 0.314 e. The van der Waals surface area contributed by atoms with Crippen LogP contribution in [-0.4, -0.2) is 18.6 Å². The van der Waals surface area contributed by atoms with E-state index >= 15 is 0 Å². The highest BCUT2D eigenvalue weighted by molar-refractivity contribution is 5.74. The van der Waals surface area contributed by atoms with Crippen LogP contribution in [0.25, 0.3) is 0 Å². The monoisotopic (exact) mass is 368 g/mol. The molecule has 0 aliphatic rings. The number of hydrogen-bond donors (Lipinski definition) is 2. The number of carbonyl (C=O) groups is 1. The average molecular weight is 369 g/mol. The molecule has 1 unspecified atom stereocenters. The first kappa shape index (κ1) is 25.3. The predicted octanol–water partition coefficient (Wildman–Crippen LogP) is 7.35. The van der Waals surface area contributed by atoms with E-state index in [1.54, 1.807) is 0 Å². The molecule has 0 aromatic carbocycles. The summed E-state index contributed by atoms with van der Waals surface area (Å²) in [5, 5.41) is 5.88. The SMILES string of the molecule is CCCCCCCCCCCCCCCCCCNC(=O)NC(C)CC. The highest BCUT2D eigenvalue weighted by Gasteiger charge is 2.03. The molecule has 3 heteroatoms. The second-order valence-corrected chi connectivity index (χ2v) is 8.01. The van der Waals surface area contributed by atoms with Gasteiger partial charge in [0.1, 0.15) is 0 Å². The summed E-state index contributed by atoms with van der Waals surface area (Å²) in [5.74, 6) is 0. The van der Waals surface area contributed by atoms with Crippen molar-refractivity contribution in [2.45, 2.75) is 136 Å². The third kappa shape index (κ3) is 19.6. The van der Waals surface area contributed by atoms with Crippen molar-refractivity contribution in [2.75, 3.05) is 6.54 Å². The number of rotatable bonds is 19. The Labute approximate surface area is 164 Å². The molecule has 0 aliphatic heterocycles. The van der Waals surface area contributed by atoms with Crippen LogP contribution in [-0.2, 0) is 0 Å². The maximum absolute atomic E-state index is 11.6. The van der Waals surface area contributed by atoms with Gasteiger partial charge in [0, 0.05) is 12.6 Å². The molecule has 0 saturated heterocycles. The number of unbranched alkanes of at least 4 members (excludes halogenated alkanes) is 15. The fourth-order valence-electron chi connectivity index (χ4n) is 3.25. The topological polar surface area (TPSA) is 41.1 Å². The van der Waals surface area contributed by atoms with Crippen LogP contribution in [0.1, 0.15) is 130 Å². The van der Waals surface area contributed by atoms with Crippen molar-refractivity contribution in [3.63, 3.8) is 0 Å². The van der Waals surface area contributed by atoms with Crippen molar-refractivity contribution in [1.29, 1.82) is 0 Å². The molecule has 26 heavy (non-hydrogen) atoms. The third-order valence-electron chi connectivity index (χ3n) is 5.31. The summed E-state index contributed by atoms with van der Waals surface area (Å²) in [6.07, 6.45) is 23.1. The fraction of sp³-hybridized carbons (Fsp3) is 0.957. The second kappa shape index (κ2) is 20.6. The molecule has 2 N–H and O–H groups in total. The number of urea groups is 1. The van der Waals surface area contributed by atoms with Gasteiger partial charge in [-0.2, -0.15) is 0 Å². The molecule has 0 aromatic heterocycles. The van der Waals surface area contributed by atoms with Gasteiger partial charge in [-0.3, -0.25) is 0 Å². The molecule has 2 amide bonds. The van der Waals surface area contributed by atoms with Gasteiger partial charge in [0.2, 0.25) is 0 Å². The largest absolute Gasteiger partial charge is 0.338 e. The lowest BCUT2D eigenvalue weighted by Crippen LogP contribution is -2.40. The minimum absolute atomic E-state index is 0.0136. The van der Waals surface area contributed by atoms with E-state index in [2.05, 4.69) is 24.5 Å². The molecule has 0 heterocycles. The molecule has 0 fully saturated rings. The van der Waals surface area contributed by atoms with Crippen LogP contribution in [0.2, 0.25) is 0 Å². The van der Waals surface area contributed by atoms with Crippen LogP contribution in [0.4, 0.5) is 4.79 Å². The first-order valence-corrected chi connectivity index (χ1v) is 11.7. The molecule has 0 bridgehead atoms. The lowest BCUT2D eigenvalue weighted by molar-refractivity contribution is 0.237. The van der Waals surface area contributed by atoms with Crippen molar-refractivity contribution in [3.05, 3.63) is 0 Å². The van der Waals surface area contributed by atoms with Gasteiger partial charge in [-0.1, -0.05) is 110 Å². The Morgan fingerprint density at radius 2 is 1.04 bits per heavy atom. The van der Waals surface area contributed by atoms with Gasteiger partial charge in [-0.05, 0) is 19.8 Å². The summed E-state index contributed by atoms with van der Waals surface area (Å²) in [6.45, 7) is 7.21. The van der Waals surface area contributed by atoms with E-state index in [4.69, 9.17) is 0 Å². The number of carbonyl (C=O) groups excluding carboxylic acids is 1. The Kier molecular flexibility index (Phi) is 20.0. The van der Waals surface area contributed by atoms with Gasteiger partial charge in [-0.15, -0.1) is 0 Å². The summed E-state index contributed by atoms with van der Waals surface area (Å²) >= 11 is 0. The first-order valence-electron chi connectivity index (χ1n) is 11.7. The Balaban J connectivity index is 3.10. The summed E-state index contributed by atoms with van der Waals surface area (Å²) in [4.78, 5) is 11.6. The molecule has 3 nitrogen and oxygen atoms in total. The molecule has 0 saturated carbocycles. The van der Waals surface area contributed by atoms with Crippen molar-refractivity contribution in [2.24, 2.45) is 0 Å². The average Bonchev–Trinajstić information content (AvgIpc) is 2.64. The van der Waals surface area contributed by atoms with Crippen LogP contribution in [0, 0.1) is 0 Å². The quantitative estimate of drug-likeness (QED) is 0.230. The molecule has 0 aliphatic carbocycles. The van der Waals surface area contributed by atoms with Crippen molar-refractivity contribution < 1.29 is 4.79 Å². The Morgan fingerprint density at radius 3 is 1.42 bits per heavy atom. The zero-order chi connectivity index (χ0) is 19.3. The molecule has 0 aromatic rings. The molecule has 156 valence electrons. The van der Waals surface area contributed by atoms with Crippen LogP contribution < -0.4 is 10.6 Å². The van der Waals surface area contributed by atoms with Gasteiger partial charge >= 0.3 is 6.03 Å². The predicted molar refractivity (Wildman–Crippen MR) is 116 cm³/mol. The van der Waals surface area contributed by atoms with E-state index in [0.717, 1.165) is 19.4 Å². The number of nitrogens with one attached hydrogen (secondary N) is 2. The van der Waals surface area contributed by atoms with Crippen molar-refractivity contribution >= 4 is 6.03 Å². The fourth-order valence-corrected chi connectivity index (χ4v) is 3.25. The molecule has 0 spiro atoms. The standard InChI is InChI=1S/C23H48N2O/c1-4-6-7-8-9-10-11-12-13-14-15-16-17-18-19-20-21-24-23(26)25-22(3)5-2/h22H,4-21H2,1-3H3,(H2,24,25,26). The van der Waals surface area contributed by atoms with Crippen LogP contribution >= 0.6 is 0 Å². The summed E-state index contributed by atoms with van der Waals surface area (Å²) in [7, 11) is 0. The second-order valence-electron chi connectivity index (χ2n) is 8.01. The first-order chi connectivity index (χ1) is 12.7.